The first-order valence-electron chi connectivity index (χ1n) is 7.87. The Bertz CT molecular complexity index is 679. The Hall–Kier alpha value is -1.95. The second-order valence-corrected chi connectivity index (χ2v) is 6.22. The normalized spacial score (nSPS) is 9.77. The zero-order valence-electron chi connectivity index (χ0n) is 14.8. The average Bonchev–Trinajstić information content (AvgIpc) is 2.60. The van der Waals surface area contributed by atoms with E-state index in [9.17, 15) is 9.90 Å². The molecule has 7 heteroatoms. The number of hydrogen-bond donors (Lipinski definition) is 3. The standard InChI is InChI=1S/C14H13NO.C5H11NO2S.Cu/c1-11-6-8-13(9-7-11)15-10-12-4-2-3-5-14(12)16;1-9-4-2-3-6-5(7)8;/h2-10,16H,1H3;6H,2-4H2,1H3,(H,7,8);. The largest absolute Gasteiger partial charge is 0.507 e. The maximum absolute atomic E-state index is 9.84. The van der Waals surface area contributed by atoms with Crippen LogP contribution in [0, 0.1) is 6.92 Å². The van der Waals surface area contributed by atoms with E-state index < -0.39 is 6.09 Å². The van der Waals surface area contributed by atoms with Crippen LogP contribution in [0.2, 0.25) is 0 Å². The van der Waals surface area contributed by atoms with Crippen molar-refractivity contribution in [1.29, 1.82) is 0 Å². The number of aryl methyl sites for hydroxylation is 1. The molecule has 0 aliphatic carbocycles. The molecule has 26 heavy (non-hydrogen) atoms. The molecule has 2 rings (SSSR count). The number of amides is 1. The van der Waals surface area contributed by atoms with Gasteiger partial charge in [-0.1, -0.05) is 29.8 Å². The third-order valence-electron chi connectivity index (χ3n) is 3.12. The van der Waals surface area contributed by atoms with Gasteiger partial charge in [-0.05, 0) is 49.6 Å². The van der Waals surface area contributed by atoms with E-state index in [1.807, 2.05) is 49.6 Å². The van der Waals surface area contributed by atoms with Gasteiger partial charge in [-0.3, -0.25) is 4.99 Å². The molecule has 2 aromatic rings. The Labute approximate surface area is 169 Å². The second kappa shape index (κ2) is 14.2. The summed E-state index contributed by atoms with van der Waals surface area (Å²) in [5.74, 6) is 1.26. The fraction of sp³-hybridized carbons (Fsp3) is 0.263. The molecule has 145 valence electrons. The van der Waals surface area contributed by atoms with Crippen molar-refractivity contribution in [3.8, 4) is 5.75 Å². The predicted octanol–water partition coefficient (Wildman–Crippen LogP) is 4.46. The Morgan fingerprint density at radius 3 is 2.42 bits per heavy atom. The molecule has 0 saturated heterocycles. The summed E-state index contributed by atoms with van der Waals surface area (Å²) in [4.78, 5) is 14.1. The minimum atomic E-state index is -0.934. The number of nitrogens with zero attached hydrogens (tertiary/aromatic N) is 1. The number of carboxylic acid groups (broad SMARTS) is 1. The zero-order chi connectivity index (χ0) is 18.5. The first-order chi connectivity index (χ1) is 12.0. The van der Waals surface area contributed by atoms with E-state index in [1.165, 1.54) is 5.56 Å². The molecule has 0 aliphatic rings. The molecule has 0 saturated carbocycles. The van der Waals surface area contributed by atoms with Crippen molar-refractivity contribution in [3.05, 3.63) is 59.7 Å². The molecule has 0 atom stereocenters. The number of phenolic OH excluding ortho intramolecular Hbond substituents is 1. The number of carbonyl (C=O) groups is 1. The quantitative estimate of drug-likeness (QED) is 0.364. The van der Waals surface area contributed by atoms with E-state index in [0.717, 1.165) is 23.4 Å². The topological polar surface area (TPSA) is 81.9 Å². The van der Waals surface area contributed by atoms with Crippen LogP contribution in [-0.2, 0) is 17.1 Å². The van der Waals surface area contributed by atoms with Crippen molar-refractivity contribution < 1.29 is 32.1 Å². The first-order valence-corrected chi connectivity index (χ1v) is 9.26. The van der Waals surface area contributed by atoms with E-state index in [-0.39, 0.29) is 22.8 Å². The number of thioether (sulfide) groups is 1. The van der Waals surface area contributed by atoms with Gasteiger partial charge in [0.05, 0.1) is 5.69 Å². The van der Waals surface area contributed by atoms with Crippen molar-refractivity contribution in [1.82, 2.24) is 5.32 Å². The Kier molecular flexibility index (Phi) is 13.2. The molecule has 0 aromatic heterocycles. The van der Waals surface area contributed by atoms with Gasteiger partial charge in [-0.2, -0.15) is 11.8 Å². The van der Waals surface area contributed by atoms with Gasteiger partial charge in [0.15, 0.2) is 0 Å². The van der Waals surface area contributed by atoms with Gasteiger partial charge in [0.25, 0.3) is 0 Å². The molecule has 0 heterocycles. The number of aromatic hydroxyl groups is 1. The molecule has 0 bridgehead atoms. The van der Waals surface area contributed by atoms with E-state index in [1.54, 1.807) is 30.1 Å². The number of nitrogens with one attached hydrogen (secondary N) is 1. The van der Waals surface area contributed by atoms with E-state index >= 15 is 0 Å². The van der Waals surface area contributed by atoms with Crippen LogP contribution < -0.4 is 5.32 Å². The summed E-state index contributed by atoms with van der Waals surface area (Å²) in [6.45, 7) is 2.60. The van der Waals surface area contributed by atoms with Crippen LogP contribution in [0.3, 0.4) is 0 Å². The molecule has 0 unspecified atom stereocenters. The molecular formula is C19H24CuN2O3S. The fourth-order valence-electron chi connectivity index (χ4n) is 1.78. The van der Waals surface area contributed by atoms with Crippen LogP contribution in [0.1, 0.15) is 17.5 Å². The van der Waals surface area contributed by atoms with Gasteiger partial charge in [-0.25, -0.2) is 4.79 Å². The fourth-order valence-corrected chi connectivity index (χ4v) is 2.22. The number of phenols is 1. The first kappa shape index (κ1) is 24.0. The average molecular weight is 424 g/mol. The Morgan fingerprint density at radius 1 is 1.19 bits per heavy atom. The third kappa shape index (κ3) is 10.8. The summed E-state index contributed by atoms with van der Waals surface area (Å²) in [5.41, 5.74) is 2.82. The van der Waals surface area contributed by atoms with Crippen LogP contribution >= 0.6 is 11.8 Å². The Morgan fingerprint density at radius 2 is 1.85 bits per heavy atom. The molecule has 1 amide bonds. The van der Waals surface area contributed by atoms with Crippen molar-refractivity contribution in [2.75, 3.05) is 18.6 Å². The number of aliphatic imine (C=N–C) groups is 1. The number of rotatable bonds is 6. The maximum Gasteiger partial charge on any atom is 0.404 e. The van der Waals surface area contributed by atoms with Crippen LogP contribution in [0.5, 0.6) is 5.75 Å². The molecule has 0 fully saturated rings. The Balaban J connectivity index is 0.000000543. The van der Waals surface area contributed by atoms with E-state index in [2.05, 4.69) is 10.3 Å². The number of benzene rings is 2. The summed E-state index contributed by atoms with van der Waals surface area (Å²) in [5, 5.41) is 19.9. The van der Waals surface area contributed by atoms with Gasteiger partial charge < -0.3 is 15.5 Å². The van der Waals surface area contributed by atoms with Crippen molar-refractivity contribution >= 4 is 29.8 Å². The summed E-state index contributed by atoms with van der Waals surface area (Å²) < 4.78 is 0. The molecule has 0 spiro atoms. The summed E-state index contributed by atoms with van der Waals surface area (Å²) in [6.07, 6.45) is 3.64. The van der Waals surface area contributed by atoms with Gasteiger partial charge in [0.1, 0.15) is 5.75 Å². The second-order valence-electron chi connectivity index (χ2n) is 5.23. The summed E-state index contributed by atoms with van der Waals surface area (Å²) >= 11 is 1.72. The van der Waals surface area contributed by atoms with E-state index in [4.69, 9.17) is 5.11 Å². The van der Waals surface area contributed by atoms with Gasteiger partial charge in [-0.15, -0.1) is 0 Å². The number of hydrogen-bond acceptors (Lipinski definition) is 4. The molecular weight excluding hydrogens is 400 g/mol. The predicted molar refractivity (Wildman–Crippen MR) is 106 cm³/mol. The van der Waals surface area contributed by atoms with Gasteiger partial charge in [0, 0.05) is 35.4 Å². The van der Waals surface area contributed by atoms with Crippen LogP contribution in [0.4, 0.5) is 10.5 Å². The van der Waals surface area contributed by atoms with Crippen molar-refractivity contribution in [2.45, 2.75) is 13.3 Å². The zero-order valence-corrected chi connectivity index (χ0v) is 16.5. The molecule has 0 aliphatic heterocycles. The monoisotopic (exact) mass is 423 g/mol. The van der Waals surface area contributed by atoms with Crippen LogP contribution in [-0.4, -0.2) is 41.1 Å². The maximum atomic E-state index is 9.84. The van der Waals surface area contributed by atoms with E-state index in [0.29, 0.717) is 6.54 Å². The van der Waals surface area contributed by atoms with Crippen molar-refractivity contribution in [3.63, 3.8) is 0 Å². The van der Waals surface area contributed by atoms with Crippen LogP contribution in [0.15, 0.2) is 53.5 Å². The summed E-state index contributed by atoms with van der Waals surface area (Å²) in [7, 11) is 0. The number of para-hydroxylation sites is 1. The molecule has 1 radical (unpaired) electrons. The summed E-state index contributed by atoms with van der Waals surface area (Å²) in [6, 6.07) is 15.1. The minimum absolute atomic E-state index is 0. The minimum Gasteiger partial charge on any atom is -0.507 e. The van der Waals surface area contributed by atoms with Crippen molar-refractivity contribution in [2.24, 2.45) is 4.99 Å². The van der Waals surface area contributed by atoms with Crippen LogP contribution in [0.25, 0.3) is 0 Å². The van der Waals surface area contributed by atoms with Gasteiger partial charge in [0.2, 0.25) is 0 Å². The third-order valence-corrected chi connectivity index (χ3v) is 3.82. The molecule has 5 nitrogen and oxygen atoms in total. The SMILES string of the molecule is CSCCCNC(=O)O.Cc1ccc(N=Cc2ccccc2O)cc1.[Cu]. The molecule has 3 N–H and O–H groups in total. The van der Waals surface area contributed by atoms with Gasteiger partial charge >= 0.3 is 6.09 Å². The molecule has 2 aromatic carbocycles. The smallest absolute Gasteiger partial charge is 0.404 e.